The maximum Gasteiger partial charge on any atom is 0.226 e. The molecule has 1 atom stereocenters. The Morgan fingerprint density at radius 1 is 1.73 bits per heavy atom. The van der Waals surface area contributed by atoms with Gasteiger partial charge in [-0.05, 0) is 5.92 Å². The third kappa shape index (κ3) is 1.56. The summed E-state index contributed by atoms with van der Waals surface area (Å²) in [7, 11) is 0. The quantitative estimate of drug-likeness (QED) is 0.635. The first kappa shape index (κ1) is 9.97. The number of nitrogen functional groups attached to an aromatic ring is 1. The standard InChI is InChI=1S/C9H14N4O2/c1-5-4-6(15)11-9-7(5)8(10)12-13(9)2-3-14/h5,14H,2-4H2,1H3,(H2,10,12)(H,11,15)/t5-/m1/s1. The zero-order chi connectivity index (χ0) is 11.0. The van der Waals surface area contributed by atoms with Crippen molar-refractivity contribution in [1.82, 2.24) is 9.78 Å². The van der Waals surface area contributed by atoms with Gasteiger partial charge in [0, 0.05) is 12.0 Å². The van der Waals surface area contributed by atoms with Gasteiger partial charge in [-0.15, -0.1) is 0 Å². The smallest absolute Gasteiger partial charge is 0.226 e. The Kier molecular flexibility index (Phi) is 2.36. The molecule has 0 radical (unpaired) electrons. The van der Waals surface area contributed by atoms with Crippen LogP contribution in [-0.4, -0.2) is 27.4 Å². The lowest BCUT2D eigenvalue weighted by molar-refractivity contribution is -0.116. The summed E-state index contributed by atoms with van der Waals surface area (Å²) in [4.78, 5) is 11.3. The summed E-state index contributed by atoms with van der Waals surface area (Å²) in [5, 5.41) is 15.7. The predicted molar refractivity (Wildman–Crippen MR) is 55.4 cm³/mol. The number of nitrogens with zero attached hydrogens (tertiary/aromatic N) is 2. The van der Waals surface area contributed by atoms with E-state index in [9.17, 15) is 4.79 Å². The number of fused-ring (bicyclic) bond motifs is 1. The number of carbonyl (C=O) groups is 1. The van der Waals surface area contributed by atoms with Crippen molar-refractivity contribution in [3.05, 3.63) is 5.56 Å². The average molecular weight is 210 g/mol. The van der Waals surface area contributed by atoms with Crippen molar-refractivity contribution in [2.24, 2.45) is 0 Å². The summed E-state index contributed by atoms with van der Waals surface area (Å²) in [5.41, 5.74) is 6.64. The predicted octanol–water partition coefficient (Wildman–Crippen LogP) is -0.0967. The molecule has 0 bridgehead atoms. The molecule has 1 amide bonds. The Balaban J connectivity index is 2.46. The molecular weight excluding hydrogens is 196 g/mol. The van der Waals surface area contributed by atoms with Crippen molar-refractivity contribution >= 4 is 17.5 Å². The van der Waals surface area contributed by atoms with Crippen LogP contribution in [0.25, 0.3) is 0 Å². The van der Waals surface area contributed by atoms with Crippen LogP contribution in [0.4, 0.5) is 11.6 Å². The highest BCUT2D eigenvalue weighted by molar-refractivity contribution is 5.94. The van der Waals surface area contributed by atoms with E-state index in [0.29, 0.717) is 24.6 Å². The molecule has 0 aliphatic carbocycles. The van der Waals surface area contributed by atoms with Gasteiger partial charge in [0.15, 0.2) is 5.82 Å². The number of nitrogens with one attached hydrogen (secondary N) is 1. The Labute approximate surface area is 87.1 Å². The minimum absolute atomic E-state index is 0.0299. The van der Waals surface area contributed by atoms with E-state index in [1.165, 1.54) is 4.68 Å². The lowest BCUT2D eigenvalue weighted by Gasteiger charge is -2.20. The first-order valence-corrected chi connectivity index (χ1v) is 4.90. The number of amides is 1. The SMILES string of the molecule is C[C@@H]1CC(=O)Nc2c1c(N)nn2CCO. The van der Waals surface area contributed by atoms with E-state index in [4.69, 9.17) is 10.8 Å². The zero-order valence-electron chi connectivity index (χ0n) is 8.53. The Hall–Kier alpha value is -1.56. The Bertz CT molecular complexity index is 399. The van der Waals surface area contributed by atoms with Crippen molar-refractivity contribution in [2.45, 2.75) is 25.8 Å². The number of nitrogens with two attached hydrogens (primary N) is 1. The summed E-state index contributed by atoms with van der Waals surface area (Å²) in [6, 6.07) is 0. The number of aromatic nitrogens is 2. The molecule has 15 heavy (non-hydrogen) atoms. The van der Waals surface area contributed by atoms with E-state index in [1.807, 2.05) is 6.92 Å². The van der Waals surface area contributed by atoms with E-state index in [0.717, 1.165) is 5.56 Å². The molecule has 0 aromatic carbocycles. The van der Waals surface area contributed by atoms with Gasteiger partial charge in [0.25, 0.3) is 0 Å². The Morgan fingerprint density at radius 2 is 2.47 bits per heavy atom. The Morgan fingerprint density at radius 3 is 3.13 bits per heavy atom. The molecule has 1 aliphatic rings. The highest BCUT2D eigenvalue weighted by Gasteiger charge is 2.28. The fourth-order valence-corrected chi connectivity index (χ4v) is 1.93. The summed E-state index contributed by atoms with van der Waals surface area (Å²) < 4.78 is 1.54. The fraction of sp³-hybridized carbons (Fsp3) is 0.556. The molecule has 0 spiro atoms. The van der Waals surface area contributed by atoms with Gasteiger partial charge in [-0.3, -0.25) is 4.79 Å². The van der Waals surface area contributed by atoms with Crippen molar-refractivity contribution < 1.29 is 9.90 Å². The molecule has 2 rings (SSSR count). The van der Waals surface area contributed by atoms with Crippen LogP contribution in [0.5, 0.6) is 0 Å². The molecular formula is C9H14N4O2. The second-order valence-electron chi connectivity index (χ2n) is 3.75. The molecule has 0 unspecified atom stereocenters. The summed E-state index contributed by atoms with van der Waals surface area (Å²) in [6.07, 6.45) is 0.433. The van der Waals surface area contributed by atoms with Gasteiger partial charge in [0.05, 0.1) is 13.2 Å². The molecule has 2 heterocycles. The van der Waals surface area contributed by atoms with Crippen LogP contribution < -0.4 is 11.1 Å². The van der Waals surface area contributed by atoms with E-state index >= 15 is 0 Å². The first-order valence-electron chi connectivity index (χ1n) is 4.90. The minimum atomic E-state index is -0.0333. The number of hydrogen-bond acceptors (Lipinski definition) is 4. The van der Waals surface area contributed by atoms with Gasteiger partial charge in [0.1, 0.15) is 5.82 Å². The van der Waals surface area contributed by atoms with Crippen molar-refractivity contribution in [2.75, 3.05) is 17.7 Å². The topological polar surface area (TPSA) is 93.2 Å². The molecule has 4 N–H and O–H groups in total. The molecule has 0 saturated heterocycles. The highest BCUT2D eigenvalue weighted by Crippen LogP contribution is 2.35. The molecule has 6 heteroatoms. The van der Waals surface area contributed by atoms with Crippen molar-refractivity contribution in [3.63, 3.8) is 0 Å². The molecule has 0 saturated carbocycles. The molecule has 1 aromatic heterocycles. The van der Waals surface area contributed by atoms with Crippen LogP contribution in [0.1, 0.15) is 24.8 Å². The normalized spacial score (nSPS) is 19.9. The van der Waals surface area contributed by atoms with Crippen LogP contribution in [0.15, 0.2) is 0 Å². The monoisotopic (exact) mass is 210 g/mol. The number of aliphatic hydroxyl groups excluding tert-OH is 1. The minimum Gasteiger partial charge on any atom is -0.394 e. The van der Waals surface area contributed by atoms with Crippen LogP contribution in [-0.2, 0) is 11.3 Å². The van der Waals surface area contributed by atoms with E-state index in [1.54, 1.807) is 0 Å². The maximum absolute atomic E-state index is 11.3. The van der Waals surface area contributed by atoms with Gasteiger partial charge in [-0.25, -0.2) is 4.68 Å². The van der Waals surface area contributed by atoms with Crippen LogP contribution >= 0.6 is 0 Å². The lowest BCUT2D eigenvalue weighted by Crippen LogP contribution is -2.23. The average Bonchev–Trinajstić information content (AvgIpc) is 2.43. The third-order valence-corrected chi connectivity index (χ3v) is 2.57. The highest BCUT2D eigenvalue weighted by atomic mass is 16.3. The fourth-order valence-electron chi connectivity index (χ4n) is 1.93. The van der Waals surface area contributed by atoms with Crippen LogP contribution in [0.2, 0.25) is 0 Å². The van der Waals surface area contributed by atoms with E-state index in [-0.39, 0.29) is 18.4 Å². The van der Waals surface area contributed by atoms with Gasteiger partial charge >= 0.3 is 0 Å². The molecule has 0 fully saturated rings. The molecule has 1 aliphatic heterocycles. The number of carbonyl (C=O) groups excluding carboxylic acids is 1. The number of rotatable bonds is 2. The van der Waals surface area contributed by atoms with Gasteiger partial charge in [-0.2, -0.15) is 5.10 Å². The second-order valence-corrected chi connectivity index (χ2v) is 3.75. The second kappa shape index (κ2) is 3.54. The van der Waals surface area contributed by atoms with Crippen molar-refractivity contribution in [3.8, 4) is 0 Å². The summed E-state index contributed by atoms with van der Waals surface area (Å²) >= 11 is 0. The van der Waals surface area contributed by atoms with Crippen LogP contribution in [0, 0.1) is 0 Å². The lowest BCUT2D eigenvalue weighted by atomic mass is 9.96. The van der Waals surface area contributed by atoms with Gasteiger partial charge in [-0.1, -0.05) is 6.92 Å². The number of anilines is 2. The molecule has 6 nitrogen and oxygen atoms in total. The largest absolute Gasteiger partial charge is 0.394 e. The zero-order valence-corrected chi connectivity index (χ0v) is 8.53. The van der Waals surface area contributed by atoms with Crippen molar-refractivity contribution in [1.29, 1.82) is 0 Å². The van der Waals surface area contributed by atoms with Gasteiger partial charge in [0.2, 0.25) is 5.91 Å². The summed E-state index contributed by atoms with van der Waals surface area (Å²) in [5.74, 6) is 1.12. The maximum atomic E-state index is 11.3. The molecule has 1 aromatic rings. The first-order chi connectivity index (χ1) is 7.13. The van der Waals surface area contributed by atoms with E-state index in [2.05, 4.69) is 10.4 Å². The van der Waals surface area contributed by atoms with Gasteiger partial charge < -0.3 is 16.2 Å². The van der Waals surface area contributed by atoms with Crippen LogP contribution in [0.3, 0.4) is 0 Å². The number of hydrogen-bond donors (Lipinski definition) is 3. The number of aliphatic hydroxyl groups is 1. The van der Waals surface area contributed by atoms with E-state index < -0.39 is 0 Å². The summed E-state index contributed by atoms with van der Waals surface area (Å²) in [6.45, 7) is 2.25. The third-order valence-electron chi connectivity index (χ3n) is 2.57. The molecule has 82 valence electrons.